The molecule has 2 aromatic carbocycles. The lowest BCUT2D eigenvalue weighted by atomic mass is 9.99. The number of hydrogen-bond donors (Lipinski definition) is 2. The number of rotatable bonds is 7. The summed E-state index contributed by atoms with van der Waals surface area (Å²) in [4.78, 5) is 37.6. The highest BCUT2D eigenvalue weighted by molar-refractivity contribution is 6.03. The number of likely N-dealkylation sites (tertiary alicyclic amines) is 1. The summed E-state index contributed by atoms with van der Waals surface area (Å²) in [5.74, 6) is -0.604. The molecule has 1 aliphatic rings. The van der Waals surface area contributed by atoms with E-state index in [4.69, 9.17) is 9.47 Å². The number of methoxy groups -OCH3 is 1. The number of amides is 1. The molecule has 1 aliphatic heterocycles. The number of phenols is 2. The molecule has 0 radical (unpaired) electrons. The van der Waals surface area contributed by atoms with E-state index < -0.39 is 5.91 Å². The summed E-state index contributed by atoms with van der Waals surface area (Å²) in [6, 6.07) is 7.13. The zero-order chi connectivity index (χ0) is 21.7. The maximum atomic E-state index is 13.2. The Labute approximate surface area is 173 Å². The average Bonchev–Trinajstić information content (AvgIpc) is 2.77. The topological polar surface area (TPSA) is 113 Å². The molecule has 1 heterocycles. The monoisotopic (exact) mass is 413 g/mol. The molecule has 1 atom stereocenters. The van der Waals surface area contributed by atoms with Crippen molar-refractivity contribution in [3.05, 3.63) is 47.0 Å². The molecule has 0 spiro atoms. The number of carbonyl (C=O) groups is 3. The largest absolute Gasteiger partial charge is 0.507 e. The lowest BCUT2D eigenvalue weighted by Gasteiger charge is -2.36. The molecule has 0 bridgehead atoms. The van der Waals surface area contributed by atoms with Crippen LogP contribution in [0.25, 0.3) is 0 Å². The number of hydrogen-bond acceptors (Lipinski definition) is 7. The maximum absolute atomic E-state index is 13.2. The number of benzene rings is 2. The molecule has 8 nitrogen and oxygen atoms in total. The highest BCUT2D eigenvalue weighted by Gasteiger charge is 2.30. The van der Waals surface area contributed by atoms with Crippen LogP contribution in [0.5, 0.6) is 23.0 Å². The van der Waals surface area contributed by atoms with E-state index in [1.807, 2.05) is 0 Å². The van der Waals surface area contributed by atoms with Crippen LogP contribution in [0.2, 0.25) is 0 Å². The first-order chi connectivity index (χ1) is 14.5. The average molecular weight is 413 g/mol. The van der Waals surface area contributed by atoms with Gasteiger partial charge in [-0.05, 0) is 43.5 Å². The summed E-state index contributed by atoms with van der Waals surface area (Å²) in [7, 11) is 1.36. The van der Waals surface area contributed by atoms with Gasteiger partial charge in [-0.3, -0.25) is 14.4 Å². The molecule has 2 aromatic rings. The van der Waals surface area contributed by atoms with E-state index in [0.717, 1.165) is 12.8 Å². The Hall–Kier alpha value is -3.55. The minimum absolute atomic E-state index is 0.0505. The maximum Gasteiger partial charge on any atom is 0.255 e. The molecule has 158 valence electrons. The SMILES string of the molecule is COc1ccc(C(=O)N2CCCC[C@H]2COc2cccc(O)c2C=O)c(C=O)c1O. The number of carbonyl (C=O) groups excluding carboxylic acids is 3. The molecule has 2 N–H and O–H groups in total. The fourth-order valence-corrected chi connectivity index (χ4v) is 3.62. The van der Waals surface area contributed by atoms with Gasteiger partial charge in [0.15, 0.2) is 24.1 Å². The fourth-order valence-electron chi connectivity index (χ4n) is 3.62. The van der Waals surface area contributed by atoms with Gasteiger partial charge in [-0.2, -0.15) is 0 Å². The number of piperidine rings is 1. The molecule has 1 saturated heterocycles. The van der Waals surface area contributed by atoms with E-state index >= 15 is 0 Å². The third-order valence-electron chi connectivity index (χ3n) is 5.23. The van der Waals surface area contributed by atoms with E-state index in [0.29, 0.717) is 25.5 Å². The molecule has 0 aromatic heterocycles. The minimum atomic E-state index is -0.394. The van der Waals surface area contributed by atoms with Crippen molar-refractivity contribution >= 4 is 18.5 Å². The molecule has 0 unspecified atom stereocenters. The van der Waals surface area contributed by atoms with Crippen molar-refractivity contribution in [2.24, 2.45) is 0 Å². The van der Waals surface area contributed by atoms with Gasteiger partial charge in [0.2, 0.25) is 0 Å². The minimum Gasteiger partial charge on any atom is -0.507 e. The van der Waals surface area contributed by atoms with Crippen molar-refractivity contribution in [2.75, 3.05) is 20.3 Å². The predicted molar refractivity (Wildman–Crippen MR) is 108 cm³/mol. The number of ether oxygens (including phenoxy) is 2. The van der Waals surface area contributed by atoms with Crippen LogP contribution >= 0.6 is 0 Å². The van der Waals surface area contributed by atoms with Crippen LogP contribution in [0.3, 0.4) is 0 Å². The molecule has 1 fully saturated rings. The van der Waals surface area contributed by atoms with Crippen LogP contribution in [0.15, 0.2) is 30.3 Å². The van der Waals surface area contributed by atoms with Crippen molar-refractivity contribution in [1.29, 1.82) is 0 Å². The molecule has 0 saturated carbocycles. The Morgan fingerprint density at radius 2 is 1.87 bits per heavy atom. The third kappa shape index (κ3) is 4.07. The van der Waals surface area contributed by atoms with Crippen molar-refractivity contribution in [3.63, 3.8) is 0 Å². The fraction of sp³-hybridized carbons (Fsp3) is 0.318. The van der Waals surface area contributed by atoms with Crippen LogP contribution < -0.4 is 9.47 Å². The zero-order valence-corrected chi connectivity index (χ0v) is 16.5. The summed E-state index contributed by atoms with van der Waals surface area (Å²) in [6.07, 6.45) is 3.33. The van der Waals surface area contributed by atoms with E-state index in [2.05, 4.69) is 0 Å². The lowest BCUT2D eigenvalue weighted by molar-refractivity contribution is 0.0524. The van der Waals surface area contributed by atoms with Gasteiger partial charge < -0.3 is 24.6 Å². The van der Waals surface area contributed by atoms with Crippen molar-refractivity contribution in [2.45, 2.75) is 25.3 Å². The number of nitrogens with zero attached hydrogens (tertiary/aromatic N) is 1. The summed E-state index contributed by atoms with van der Waals surface area (Å²) in [5, 5.41) is 20.0. The quantitative estimate of drug-likeness (QED) is 0.671. The van der Waals surface area contributed by atoms with Gasteiger partial charge in [0.1, 0.15) is 18.1 Å². The van der Waals surface area contributed by atoms with Crippen LogP contribution in [0, 0.1) is 0 Å². The standard InChI is InChI=1S/C22H23NO7/c1-29-20-9-8-15(16(11-24)21(20)27)22(28)23-10-3-2-5-14(23)13-30-19-7-4-6-18(26)17(19)12-25/h4,6-9,11-12,14,26-27H,2-3,5,10,13H2,1H3/t14-/m0/s1. The molecule has 0 aliphatic carbocycles. The normalized spacial score (nSPS) is 16.0. The molecular weight excluding hydrogens is 390 g/mol. The van der Waals surface area contributed by atoms with Gasteiger partial charge in [0.05, 0.1) is 29.8 Å². The van der Waals surface area contributed by atoms with Crippen LogP contribution in [-0.2, 0) is 0 Å². The Morgan fingerprint density at radius 3 is 2.57 bits per heavy atom. The summed E-state index contributed by atoms with van der Waals surface area (Å²) in [6.45, 7) is 0.590. The molecule has 8 heteroatoms. The lowest BCUT2D eigenvalue weighted by Crippen LogP contribution is -2.47. The summed E-state index contributed by atoms with van der Waals surface area (Å²) < 4.78 is 10.8. The van der Waals surface area contributed by atoms with E-state index in [1.54, 1.807) is 17.0 Å². The first-order valence-corrected chi connectivity index (χ1v) is 9.57. The van der Waals surface area contributed by atoms with E-state index in [9.17, 15) is 24.6 Å². The van der Waals surface area contributed by atoms with Gasteiger partial charge in [-0.15, -0.1) is 0 Å². The predicted octanol–water partition coefficient (Wildman–Crippen LogP) is 2.81. The highest BCUT2D eigenvalue weighted by Crippen LogP contribution is 2.33. The van der Waals surface area contributed by atoms with Crippen LogP contribution in [0.1, 0.15) is 50.3 Å². The number of aldehydes is 2. The van der Waals surface area contributed by atoms with Crippen molar-refractivity contribution in [3.8, 4) is 23.0 Å². The van der Waals surface area contributed by atoms with Crippen molar-refractivity contribution < 1.29 is 34.1 Å². The number of aromatic hydroxyl groups is 2. The number of phenolic OH excluding ortho intramolecular Hbond substituents is 2. The highest BCUT2D eigenvalue weighted by atomic mass is 16.5. The second-order valence-electron chi connectivity index (χ2n) is 6.96. The molecule has 30 heavy (non-hydrogen) atoms. The van der Waals surface area contributed by atoms with E-state index in [1.165, 1.54) is 25.3 Å². The second-order valence-corrected chi connectivity index (χ2v) is 6.96. The summed E-state index contributed by atoms with van der Waals surface area (Å²) >= 11 is 0. The van der Waals surface area contributed by atoms with Crippen LogP contribution in [-0.4, -0.2) is 59.9 Å². The Balaban J connectivity index is 1.83. The van der Waals surface area contributed by atoms with Gasteiger partial charge >= 0.3 is 0 Å². The van der Waals surface area contributed by atoms with Gasteiger partial charge in [0.25, 0.3) is 5.91 Å². The first-order valence-electron chi connectivity index (χ1n) is 9.57. The third-order valence-corrected chi connectivity index (χ3v) is 5.23. The van der Waals surface area contributed by atoms with Crippen molar-refractivity contribution in [1.82, 2.24) is 4.90 Å². The Morgan fingerprint density at radius 1 is 1.10 bits per heavy atom. The second kappa shape index (κ2) is 9.30. The zero-order valence-electron chi connectivity index (χ0n) is 16.5. The summed E-state index contributed by atoms with van der Waals surface area (Å²) in [5.41, 5.74) is 0.0106. The van der Waals surface area contributed by atoms with Crippen LogP contribution in [0.4, 0.5) is 0 Å². The van der Waals surface area contributed by atoms with Gasteiger partial charge in [-0.25, -0.2) is 0 Å². The Kier molecular flexibility index (Phi) is 6.56. The smallest absolute Gasteiger partial charge is 0.255 e. The first kappa shape index (κ1) is 21.2. The molecule has 3 rings (SSSR count). The Bertz CT molecular complexity index is 957. The van der Waals surface area contributed by atoms with Gasteiger partial charge in [-0.1, -0.05) is 6.07 Å². The van der Waals surface area contributed by atoms with E-state index in [-0.39, 0.29) is 52.3 Å². The van der Waals surface area contributed by atoms with Gasteiger partial charge in [0, 0.05) is 6.54 Å². The molecular formula is C22H23NO7. The molecule has 1 amide bonds.